The molecule has 0 radical (unpaired) electrons. The second-order valence-electron chi connectivity index (χ2n) is 10.0. The smallest absolute Gasteiger partial charge is 0.410 e. The molecule has 1 aromatic rings. The van der Waals surface area contributed by atoms with Crippen LogP contribution in [0.1, 0.15) is 60.1 Å². The summed E-state index contributed by atoms with van der Waals surface area (Å²) in [4.78, 5) is 27.7. The first-order chi connectivity index (χ1) is 15.0. The van der Waals surface area contributed by atoms with E-state index in [1.807, 2.05) is 41.5 Å². The third kappa shape index (κ3) is 5.60. The van der Waals surface area contributed by atoms with Gasteiger partial charge >= 0.3 is 12.1 Å². The van der Waals surface area contributed by atoms with Gasteiger partial charge in [-0.15, -0.1) is 0 Å². The molecule has 0 aromatic carbocycles. The highest BCUT2D eigenvalue weighted by molar-refractivity contribution is 5.69. The monoisotopic (exact) mass is 444 g/mol. The molecule has 9 heteroatoms. The van der Waals surface area contributed by atoms with E-state index in [1.54, 1.807) is 11.0 Å². The molecule has 4 atom stereocenters. The molecule has 2 saturated heterocycles. The van der Waals surface area contributed by atoms with Crippen LogP contribution in [0.4, 0.5) is 10.6 Å². The number of anilines is 1. The number of aromatic nitrogens is 2. The van der Waals surface area contributed by atoms with Gasteiger partial charge in [-0.2, -0.15) is 15.2 Å². The average molecular weight is 445 g/mol. The van der Waals surface area contributed by atoms with Crippen molar-refractivity contribution in [1.29, 1.82) is 5.26 Å². The van der Waals surface area contributed by atoms with Gasteiger partial charge in [0.2, 0.25) is 0 Å². The molecule has 1 aromatic heterocycles. The average Bonchev–Trinajstić information content (AvgIpc) is 3.13. The van der Waals surface area contributed by atoms with Crippen LogP contribution in [0.5, 0.6) is 6.01 Å². The Hall–Kier alpha value is -2.60. The second-order valence-corrected chi connectivity index (χ2v) is 10.0. The van der Waals surface area contributed by atoms with E-state index in [0.29, 0.717) is 24.9 Å². The van der Waals surface area contributed by atoms with Crippen molar-refractivity contribution in [3.63, 3.8) is 0 Å². The minimum atomic E-state index is -0.540. The van der Waals surface area contributed by atoms with Crippen molar-refractivity contribution in [2.45, 2.75) is 84.2 Å². The van der Waals surface area contributed by atoms with Gasteiger partial charge in [-0.1, -0.05) is 0 Å². The van der Waals surface area contributed by atoms with Gasteiger partial charge in [-0.3, -0.25) is 4.90 Å². The number of carbonyl (C=O) groups is 1. The van der Waals surface area contributed by atoms with Gasteiger partial charge in [0.15, 0.2) is 0 Å². The van der Waals surface area contributed by atoms with E-state index in [4.69, 9.17) is 9.47 Å². The number of hydrogen-bond donors (Lipinski definition) is 0. The number of ether oxygens (including phenoxy) is 2. The fraction of sp³-hybridized carbons (Fsp3) is 0.739. The minimum Gasteiger partial charge on any atom is -0.459 e. The number of likely N-dealkylation sites (tertiary alicyclic amines) is 1. The van der Waals surface area contributed by atoms with Gasteiger partial charge in [0, 0.05) is 37.3 Å². The number of hydrogen-bond acceptors (Lipinski definition) is 8. The first-order valence-electron chi connectivity index (χ1n) is 11.4. The highest BCUT2D eigenvalue weighted by atomic mass is 16.6. The van der Waals surface area contributed by atoms with Gasteiger partial charge in [0.05, 0.1) is 0 Å². The maximum atomic E-state index is 12.6. The Bertz CT molecular complexity index is 864. The van der Waals surface area contributed by atoms with E-state index in [2.05, 4.69) is 32.9 Å². The Morgan fingerprint density at radius 3 is 2.56 bits per heavy atom. The van der Waals surface area contributed by atoms with Gasteiger partial charge in [-0.25, -0.2) is 4.79 Å². The van der Waals surface area contributed by atoms with Crippen molar-refractivity contribution < 1.29 is 14.3 Å². The summed E-state index contributed by atoms with van der Waals surface area (Å²) in [6.45, 7) is 13.8. The highest BCUT2D eigenvalue weighted by Crippen LogP contribution is 2.26. The molecule has 0 bridgehead atoms. The second kappa shape index (κ2) is 9.49. The van der Waals surface area contributed by atoms with Crippen molar-refractivity contribution in [1.82, 2.24) is 19.8 Å². The first-order valence-corrected chi connectivity index (χ1v) is 11.4. The molecule has 1 amide bonds. The number of nitrogens with zero attached hydrogens (tertiary/aromatic N) is 6. The third-order valence-electron chi connectivity index (χ3n) is 6.12. The third-order valence-corrected chi connectivity index (χ3v) is 6.12. The van der Waals surface area contributed by atoms with Crippen LogP contribution in [0.3, 0.4) is 0 Å². The fourth-order valence-electron chi connectivity index (χ4n) is 4.46. The van der Waals surface area contributed by atoms with E-state index in [0.717, 1.165) is 19.4 Å². The maximum absolute atomic E-state index is 12.6. The molecule has 176 valence electrons. The van der Waals surface area contributed by atoms with E-state index in [9.17, 15) is 10.1 Å². The summed E-state index contributed by atoms with van der Waals surface area (Å²) in [6, 6.07) is 4.26. The Balaban J connectivity index is 1.76. The van der Waals surface area contributed by atoms with Crippen molar-refractivity contribution in [2.75, 3.05) is 31.6 Å². The number of nitriles is 1. The molecular weight excluding hydrogens is 408 g/mol. The molecule has 2 fully saturated rings. The summed E-state index contributed by atoms with van der Waals surface area (Å²) in [6.07, 6.45) is 1.83. The Morgan fingerprint density at radius 2 is 1.97 bits per heavy atom. The lowest BCUT2D eigenvalue weighted by Gasteiger charge is -2.44. The zero-order valence-electron chi connectivity index (χ0n) is 20.3. The first kappa shape index (κ1) is 24.1. The normalized spacial score (nSPS) is 25.4. The molecule has 3 rings (SSSR count). The Kier molecular flexibility index (Phi) is 7.13. The molecule has 0 saturated carbocycles. The quantitative estimate of drug-likeness (QED) is 0.699. The van der Waals surface area contributed by atoms with Crippen molar-refractivity contribution in [2.24, 2.45) is 0 Å². The number of likely N-dealkylation sites (N-methyl/N-ethyl adjacent to an activating group) is 1. The van der Waals surface area contributed by atoms with Gasteiger partial charge in [0.1, 0.15) is 29.3 Å². The van der Waals surface area contributed by atoms with Gasteiger partial charge < -0.3 is 19.3 Å². The van der Waals surface area contributed by atoms with E-state index in [-0.39, 0.29) is 36.0 Å². The number of amides is 1. The summed E-state index contributed by atoms with van der Waals surface area (Å²) >= 11 is 0. The zero-order valence-corrected chi connectivity index (χ0v) is 20.3. The molecule has 2 aliphatic rings. The van der Waals surface area contributed by atoms with Gasteiger partial charge in [0.25, 0.3) is 0 Å². The van der Waals surface area contributed by atoms with Crippen LogP contribution in [0.2, 0.25) is 0 Å². The SMILES string of the molecule is C[C@H](Oc1nc(C#N)cc(N2C[C@@H](C)N(C(=O)OC(C)(C)C)C[C@@H]2C)n1)[C@@H]1CCCN1C. The largest absolute Gasteiger partial charge is 0.459 e. The molecule has 0 unspecified atom stereocenters. The van der Waals surface area contributed by atoms with Crippen LogP contribution in [0, 0.1) is 11.3 Å². The zero-order chi connectivity index (χ0) is 23.6. The highest BCUT2D eigenvalue weighted by Gasteiger charge is 2.35. The maximum Gasteiger partial charge on any atom is 0.410 e. The predicted octanol–water partition coefficient (Wildman–Crippen LogP) is 3.04. The molecule has 0 N–H and O–H groups in total. The minimum absolute atomic E-state index is 0.00796. The Morgan fingerprint density at radius 1 is 1.25 bits per heavy atom. The van der Waals surface area contributed by atoms with Crippen LogP contribution >= 0.6 is 0 Å². The van der Waals surface area contributed by atoms with Crippen LogP contribution in [0.25, 0.3) is 0 Å². The lowest BCUT2D eigenvalue weighted by Crippen LogP contribution is -2.59. The van der Waals surface area contributed by atoms with Crippen molar-refractivity contribution in [3.8, 4) is 12.1 Å². The standard InChI is InChI=1S/C23H36N6O3/c1-15-14-29(22(30)32-23(4,5)6)16(2)13-28(15)20-11-18(12-24)25-21(26-20)31-17(3)19-9-8-10-27(19)7/h11,15-17,19H,8-10,13-14H2,1-7H3/t15-,16+,17-,19-/m0/s1. The summed E-state index contributed by atoms with van der Waals surface area (Å²) < 4.78 is 11.7. The fourth-order valence-corrected chi connectivity index (χ4v) is 4.46. The molecule has 32 heavy (non-hydrogen) atoms. The Labute approximate surface area is 191 Å². The molecule has 0 aliphatic carbocycles. The predicted molar refractivity (Wildman–Crippen MR) is 122 cm³/mol. The van der Waals surface area contributed by atoms with Crippen molar-refractivity contribution >= 4 is 11.9 Å². The molecular formula is C23H36N6O3. The van der Waals surface area contributed by atoms with Gasteiger partial charge in [-0.05, 0) is 68.0 Å². The summed E-state index contributed by atoms with van der Waals surface area (Å²) in [5, 5.41) is 9.52. The number of rotatable bonds is 4. The summed E-state index contributed by atoms with van der Waals surface area (Å²) in [5.41, 5.74) is -0.270. The summed E-state index contributed by atoms with van der Waals surface area (Å²) in [5.74, 6) is 0.640. The topological polar surface area (TPSA) is 94.8 Å². The summed E-state index contributed by atoms with van der Waals surface area (Å²) in [7, 11) is 2.10. The van der Waals surface area contributed by atoms with E-state index < -0.39 is 5.60 Å². The number of carbonyl (C=O) groups excluding carboxylic acids is 1. The molecule has 0 spiro atoms. The lowest BCUT2D eigenvalue weighted by molar-refractivity contribution is 0.0129. The van der Waals surface area contributed by atoms with Crippen LogP contribution < -0.4 is 9.64 Å². The van der Waals surface area contributed by atoms with Crippen LogP contribution in [0.15, 0.2) is 6.07 Å². The van der Waals surface area contributed by atoms with E-state index >= 15 is 0 Å². The van der Waals surface area contributed by atoms with Crippen LogP contribution in [-0.4, -0.2) is 82.4 Å². The van der Waals surface area contributed by atoms with Crippen LogP contribution in [-0.2, 0) is 4.74 Å². The van der Waals surface area contributed by atoms with E-state index in [1.165, 1.54) is 0 Å². The molecule has 2 aliphatic heterocycles. The molecule has 9 nitrogen and oxygen atoms in total. The van der Waals surface area contributed by atoms with Crippen molar-refractivity contribution in [3.05, 3.63) is 11.8 Å². The molecule has 3 heterocycles. The lowest BCUT2D eigenvalue weighted by atomic mass is 10.1. The number of piperazine rings is 1.